The summed E-state index contributed by atoms with van der Waals surface area (Å²) in [6.45, 7) is 3.11. The summed E-state index contributed by atoms with van der Waals surface area (Å²) in [4.78, 5) is 17.5. The van der Waals surface area contributed by atoms with Crippen molar-refractivity contribution in [3.05, 3.63) is 77.4 Å². The zero-order valence-electron chi connectivity index (χ0n) is 18.2. The standard InChI is InChI=1S/C27H31NO3/c1-2-31-26(30)21-7-6-16-27(17-14-21,23-8-4-3-5-9-23)25-22(15-18-28-25)19-20-10-12-24(29)13-11-20/h3-5,7-13,22,29H,2,6,14-19H2,1H3. The highest BCUT2D eigenvalue weighted by Crippen LogP contribution is 2.44. The lowest BCUT2D eigenvalue weighted by Crippen LogP contribution is -2.39. The fourth-order valence-electron chi connectivity index (χ4n) is 5.19. The first-order valence-corrected chi connectivity index (χ1v) is 11.4. The van der Waals surface area contributed by atoms with Gasteiger partial charge in [0.1, 0.15) is 5.75 Å². The molecule has 0 saturated heterocycles. The van der Waals surface area contributed by atoms with Gasteiger partial charge in [-0.3, -0.25) is 4.99 Å². The van der Waals surface area contributed by atoms with E-state index in [9.17, 15) is 9.90 Å². The van der Waals surface area contributed by atoms with Crippen molar-refractivity contribution in [3.63, 3.8) is 0 Å². The van der Waals surface area contributed by atoms with E-state index in [1.54, 1.807) is 12.1 Å². The summed E-state index contributed by atoms with van der Waals surface area (Å²) in [5.74, 6) is 0.486. The Morgan fingerprint density at radius 1 is 1.13 bits per heavy atom. The van der Waals surface area contributed by atoms with E-state index >= 15 is 0 Å². The van der Waals surface area contributed by atoms with Gasteiger partial charge in [0, 0.05) is 29.2 Å². The molecular weight excluding hydrogens is 386 g/mol. The van der Waals surface area contributed by atoms with E-state index in [1.807, 2.05) is 19.1 Å². The maximum absolute atomic E-state index is 12.4. The van der Waals surface area contributed by atoms with Crippen molar-refractivity contribution in [1.82, 2.24) is 0 Å². The monoisotopic (exact) mass is 417 g/mol. The van der Waals surface area contributed by atoms with E-state index in [1.165, 1.54) is 16.8 Å². The Bertz CT molecular complexity index is 962. The van der Waals surface area contributed by atoms with Crippen LogP contribution in [0.3, 0.4) is 0 Å². The van der Waals surface area contributed by atoms with Gasteiger partial charge in [0.05, 0.1) is 6.61 Å². The molecule has 1 aliphatic heterocycles. The first-order valence-electron chi connectivity index (χ1n) is 11.4. The smallest absolute Gasteiger partial charge is 0.333 e. The number of hydrogen-bond acceptors (Lipinski definition) is 4. The van der Waals surface area contributed by atoms with Crippen LogP contribution in [0.5, 0.6) is 5.75 Å². The lowest BCUT2D eigenvalue weighted by atomic mass is 9.66. The lowest BCUT2D eigenvalue weighted by Gasteiger charge is -2.37. The minimum Gasteiger partial charge on any atom is -0.508 e. The van der Waals surface area contributed by atoms with E-state index in [4.69, 9.17) is 9.73 Å². The summed E-state index contributed by atoms with van der Waals surface area (Å²) in [7, 11) is 0. The van der Waals surface area contributed by atoms with Crippen LogP contribution in [-0.4, -0.2) is 29.9 Å². The largest absolute Gasteiger partial charge is 0.508 e. The molecule has 0 bridgehead atoms. The highest BCUT2D eigenvalue weighted by molar-refractivity contribution is 5.98. The molecule has 162 valence electrons. The van der Waals surface area contributed by atoms with Gasteiger partial charge >= 0.3 is 5.97 Å². The lowest BCUT2D eigenvalue weighted by molar-refractivity contribution is -0.138. The maximum Gasteiger partial charge on any atom is 0.333 e. The fraction of sp³-hybridized carbons (Fsp3) is 0.407. The number of phenols is 1. The Morgan fingerprint density at radius 3 is 2.65 bits per heavy atom. The summed E-state index contributed by atoms with van der Waals surface area (Å²) in [6.07, 6.45) is 7.41. The van der Waals surface area contributed by atoms with Crippen LogP contribution in [0.1, 0.15) is 50.2 Å². The van der Waals surface area contributed by atoms with Crippen molar-refractivity contribution < 1.29 is 14.6 Å². The van der Waals surface area contributed by atoms with Crippen LogP contribution in [0.15, 0.2) is 71.2 Å². The molecular formula is C27H31NO3. The molecule has 31 heavy (non-hydrogen) atoms. The number of allylic oxidation sites excluding steroid dienone is 1. The Labute approximate surface area is 184 Å². The molecule has 2 aromatic carbocycles. The van der Waals surface area contributed by atoms with Crippen molar-refractivity contribution >= 4 is 11.7 Å². The third kappa shape index (κ3) is 4.58. The summed E-state index contributed by atoms with van der Waals surface area (Å²) in [5, 5.41) is 9.63. The first kappa shape index (κ1) is 21.4. The Morgan fingerprint density at radius 2 is 1.90 bits per heavy atom. The van der Waals surface area contributed by atoms with Crippen LogP contribution in [0.2, 0.25) is 0 Å². The Hall–Kier alpha value is -2.88. The van der Waals surface area contributed by atoms with Gasteiger partial charge in [0.15, 0.2) is 0 Å². The number of carbonyl (C=O) groups is 1. The molecule has 0 radical (unpaired) electrons. The van der Waals surface area contributed by atoms with Crippen LogP contribution in [0.4, 0.5) is 0 Å². The third-order valence-corrected chi connectivity index (χ3v) is 6.70. The van der Waals surface area contributed by atoms with Crippen molar-refractivity contribution in [3.8, 4) is 5.75 Å². The molecule has 2 unspecified atom stereocenters. The predicted octanol–water partition coefficient (Wildman–Crippen LogP) is 5.40. The summed E-state index contributed by atoms with van der Waals surface area (Å²) < 4.78 is 5.29. The second-order valence-corrected chi connectivity index (χ2v) is 8.56. The minimum absolute atomic E-state index is 0.163. The van der Waals surface area contributed by atoms with E-state index in [0.717, 1.165) is 44.2 Å². The molecule has 2 aromatic rings. The van der Waals surface area contributed by atoms with Gasteiger partial charge in [-0.15, -0.1) is 0 Å². The quantitative estimate of drug-likeness (QED) is 0.641. The zero-order valence-corrected chi connectivity index (χ0v) is 18.2. The molecule has 0 amide bonds. The number of hydrogen-bond donors (Lipinski definition) is 1. The van der Waals surface area contributed by atoms with Gasteiger partial charge in [0.2, 0.25) is 0 Å². The van der Waals surface area contributed by atoms with Gasteiger partial charge in [-0.1, -0.05) is 48.5 Å². The highest BCUT2D eigenvalue weighted by atomic mass is 16.5. The van der Waals surface area contributed by atoms with Crippen molar-refractivity contribution in [2.45, 2.75) is 50.9 Å². The van der Waals surface area contributed by atoms with Crippen molar-refractivity contribution in [2.75, 3.05) is 13.2 Å². The van der Waals surface area contributed by atoms with Crippen molar-refractivity contribution in [1.29, 1.82) is 0 Å². The maximum atomic E-state index is 12.4. The molecule has 0 spiro atoms. The van der Waals surface area contributed by atoms with E-state index in [0.29, 0.717) is 24.7 Å². The molecule has 2 atom stereocenters. The summed E-state index contributed by atoms with van der Waals surface area (Å²) in [6, 6.07) is 18.2. The molecule has 1 N–H and O–H groups in total. The second kappa shape index (κ2) is 9.51. The molecule has 4 nitrogen and oxygen atoms in total. The number of phenolic OH excluding ortho intramolecular Hbond substituents is 1. The van der Waals surface area contributed by atoms with E-state index in [-0.39, 0.29) is 11.4 Å². The predicted molar refractivity (Wildman–Crippen MR) is 124 cm³/mol. The average molecular weight is 418 g/mol. The van der Waals surface area contributed by atoms with Crippen LogP contribution in [-0.2, 0) is 21.4 Å². The normalized spacial score (nSPS) is 23.6. The summed E-state index contributed by atoms with van der Waals surface area (Å²) in [5.41, 5.74) is 4.44. The number of esters is 1. The molecule has 1 heterocycles. The van der Waals surface area contributed by atoms with Crippen LogP contribution in [0.25, 0.3) is 0 Å². The third-order valence-electron chi connectivity index (χ3n) is 6.70. The van der Waals surface area contributed by atoms with Gasteiger partial charge in [-0.2, -0.15) is 0 Å². The molecule has 0 saturated carbocycles. The number of benzene rings is 2. The molecule has 1 aliphatic carbocycles. The number of aromatic hydroxyl groups is 1. The first-order chi connectivity index (χ1) is 15.1. The average Bonchev–Trinajstić information content (AvgIpc) is 3.13. The minimum atomic E-state index is -0.180. The van der Waals surface area contributed by atoms with Crippen LogP contribution >= 0.6 is 0 Å². The number of carbonyl (C=O) groups excluding carboxylic acids is 1. The molecule has 0 fully saturated rings. The highest BCUT2D eigenvalue weighted by Gasteiger charge is 2.43. The van der Waals surface area contributed by atoms with Gasteiger partial charge in [0.25, 0.3) is 0 Å². The van der Waals surface area contributed by atoms with E-state index in [2.05, 4.69) is 36.4 Å². The SMILES string of the molecule is CCOC(=O)C1=CCCC(C2=NCCC2Cc2ccc(O)cc2)(c2ccccc2)CC1. The fourth-order valence-corrected chi connectivity index (χ4v) is 5.19. The second-order valence-electron chi connectivity index (χ2n) is 8.56. The topological polar surface area (TPSA) is 58.9 Å². The zero-order chi connectivity index (χ0) is 21.7. The number of rotatable bonds is 6. The molecule has 4 heteroatoms. The number of ether oxygens (including phenoxy) is 1. The van der Waals surface area contributed by atoms with Gasteiger partial charge in [-0.05, 0) is 68.7 Å². The Kier molecular flexibility index (Phi) is 6.55. The van der Waals surface area contributed by atoms with Crippen LogP contribution < -0.4 is 0 Å². The van der Waals surface area contributed by atoms with Crippen molar-refractivity contribution in [2.24, 2.45) is 10.9 Å². The number of aliphatic imine (C=N–C) groups is 1. The molecule has 4 rings (SSSR count). The van der Waals surface area contributed by atoms with Gasteiger partial charge in [-0.25, -0.2) is 4.79 Å². The Balaban J connectivity index is 1.64. The van der Waals surface area contributed by atoms with Crippen LogP contribution in [0, 0.1) is 5.92 Å². The molecule has 0 aromatic heterocycles. The van der Waals surface area contributed by atoms with E-state index < -0.39 is 0 Å². The van der Waals surface area contributed by atoms with Gasteiger partial charge < -0.3 is 9.84 Å². The number of nitrogens with zero attached hydrogens (tertiary/aromatic N) is 1. The summed E-state index contributed by atoms with van der Waals surface area (Å²) >= 11 is 0. The molecule has 2 aliphatic rings.